The fourth-order valence-corrected chi connectivity index (χ4v) is 3.33. The molecule has 2 heterocycles. The van der Waals surface area contributed by atoms with Crippen LogP contribution in [0.15, 0.2) is 30.3 Å². The van der Waals surface area contributed by atoms with Crippen molar-refractivity contribution in [3.8, 4) is 11.5 Å². The predicted octanol–water partition coefficient (Wildman–Crippen LogP) is 3.59. The minimum absolute atomic E-state index is 0.0158. The zero-order chi connectivity index (χ0) is 13.4. The average Bonchev–Trinajstić information content (AvgIpc) is 2.84. The molecular formula is C15H17NO2S. The van der Waals surface area contributed by atoms with Crippen molar-refractivity contribution in [2.75, 3.05) is 7.11 Å². The fraction of sp³-hybridized carbons (Fsp3) is 0.333. The largest absolute Gasteiger partial charge is 0.497 e. The Balaban J connectivity index is 1.93. The number of hydrogen-bond donors (Lipinski definition) is 1. The first-order valence-corrected chi connectivity index (χ1v) is 7.15. The molecule has 1 aromatic heterocycles. The van der Waals surface area contributed by atoms with Gasteiger partial charge < -0.3 is 15.2 Å². The molecule has 1 aliphatic rings. The van der Waals surface area contributed by atoms with E-state index >= 15 is 0 Å². The summed E-state index contributed by atoms with van der Waals surface area (Å²) in [7, 11) is 1.66. The summed E-state index contributed by atoms with van der Waals surface area (Å²) in [5, 5.41) is 0. The third kappa shape index (κ3) is 2.33. The molecule has 100 valence electrons. The van der Waals surface area contributed by atoms with Gasteiger partial charge >= 0.3 is 0 Å². The molecule has 1 unspecified atom stereocenters. The Labute approximate surface area is 117 Å². The van der Waals surface area contributed by atoms with E-state index in [2.05, 4.69) is 19.1 Å². The third-order valence-corrected chi connectivity index (χ3v) is 4.53. The van der Waals surface area contributed by atoms with Crippen molar-refractivity contribution in [2.24, 2.45) is 5.73 Å². The van der Waals surface area contributed by atoms with Crippen LogP contribution in [-0.2, 0) is 0 Å². The lowest BCUT2D eigenvalue weighted by molar-refractivity contribution is 0.164. The lowest BCUT2D eigenvalue weighted by atomic mass is 9.96. The standard InChI is InChI=1S/C15H17NO2S/c1-9-3-6-15(19-9)14-8-12(16)11-5-4-10(17-2)7-13(11)18-14/h3-7,12,14H,8,16H2,1-2H3/t12-,14?/m1/s1. The summed E-state index contributed by atoms with van der Waals surface area (Å²) < 4.78 is 11.3. The number of fused-ring (bicyclic) bond motifs is 1. The zero-order valence-corrected chi connectivity index (χ0v) is 11.9. The Bertz CT molecular complexity index is 594. The van der Waals surface area contributed by atoms with Crippen LogP contribution in [0, 0.1) is 6.92 Å². The van der Waals surface area contributed by atoms with Gasteiger partial charge in [-0.2, -0.15) is 0 Å². The summed E-state index contributed by atoms with van der Waals surface area (Å²) >= 11 is 1.77. The topological polar surface area (TPSA) is 44.5 Å². The quantitative estimate of drug-likeness (QED) is 0.911. The maximum Gasteiger partial charge on any atom is 0.135 e. The molecule has 0 aliphatic carbocycles. The van der Waals surface area contributed by atoms with Gasteiger partial charge in [0.05, 0.1) is 7.11 Å². The van der Waals surface area contributed by atoms with Gasteiger partial charge in [0.1, 0.15) is 17.6 Å². The second-order valence-electron chi connectivity index (χ2n) is 4.80. The van der Waals surface area contributed by atoms with Gasteiger partial charge in [0.25, 0.3) is 0 Å². The smallest absolute Gasteiger partial charge is 0.135 e. The van der Waals surface area contributed by atoms with Crippen molar-refractivity contribution >= 4 is 11.3 Å². The van der Waals surface area contributed by atoms with Gasteiger partial charge in [-0.15, -0.1) is 11.3 Å². The second-order valence-corrected chi connectivity index (χ2v) is 6.12. The van der Waals surface area contributed by atoms with Gasteiger partial charge in [-0.1, -0.05) is 6.07 Å². The number of aryl methyl sites for hydroxylation is 1. The van der Waals surface area contributed by atoms with E-state index in [1.165, 1.54) is 9.75 Å². The Morgan fingerprint density at radius 3 is 2.84 bits per heavy atom. The Morgan fingerprint density at radius 2 is 2.16 bits per heavy atom. The van der Waals surface area contributed by atoms with E-state index < -0.39 is 0 Å². The Morgan fingerprint density at radius 1 is 1.32 bits per heavy atom. The van der Waals surface area contributed by atoms with E-state index in [4.69, 9.17) is 15.2 Å². The molecule has 2 atom stereocenters. The van der Waals surface area contributed by atoms with Gasteiger partial charge in [0.15, 0.2) is 0 Å². The molecule has 0 fully saturated rings. The second kappa shape index (κ2) is 4.87. The number of benzene rings is 1. The van der Waals surface area contributed by atoms with Gasteiger partial charge in [-0.05, 0) is 25.1 Å². The van der Waals surface area contributed by atoms with Crippen LogP contribution < -0.4 is 15.2 Å². The highest BCUT2D eigenvalue weighted by atomic mass is 32.1. The van der Waals surface area contributed by atoms with Crippen LogP contribution in [-0.4, -0.2) is 7.11 Å². The minimum atomic E-state index is 0.0158. The molecule has 1 aliphatic heterocycles. The van der Waals surface area contributed by atoms with E-state index in [1.807, 2.05) is 18.2 Å². The zero-order valence-electron chi connectivity index (χ0n) is 11.1. The first-order valence-electron chi connectivity index (χ1n) is 6.34. The molecule has 1 aromatic carbocycles. The van der Waals surface area contributed by atoms with E-state index in [0.717, 1.165) is 23.5 Å². The lowest BCUT2D eigenvalue weighted by Gasteiger charge is -2.30. The summed E-state index contributed by atoms with van der Waals surface area (Å²) in [6, 6.07) is 10.1. The molecule has 2 N–H and O–H groups in total. The van der Waals surface area contributed by atoms with Crippen LogP contribution in [0.3, 0.4) is 0 Å². The van der Waals surface area contributed by atoms with Crippen LogP contribution in [0.2, 0.25) is 0 Å². The highest BCUT2D eigenvalue weighted by Crippen LogP contribution is 2.42. The summed E-state index contributed by atoms with van der Waals surface area (Å²) in [6.07, 6.45) is 0.868. The molecule has 0 spiro atoms. The van der Waals surface area contributed by atoms with Crippen LogP contribution in [0.25, 0.3) is 0 Å². The Kier molecular flexibility index (Phi) is 3.21. The maximum absolute atomic E-state index is 6.26. The van der Waals surface area contributed by atoms with Crippen molar-refractivity contribution < 1.29 is 9.47 Å². The van der Waals surface area contributed by atoms with Crippen molar-refractivity contribution in [2.45, 2.75) is 25.5 Å². The highest BCUT2D eigenvalue weighted by molar-refractivity contribution is 7.12. The fourth-order valence-electron chi connectivity index (χ4n) is 2.41. The van der Waals surface area contributed by atoms with E-state index in [1.54, 1.807) is 18.4 Å². The van der Waals surface area contributed by atoms with Gasteiger partial charge in [-0.3, -0.25) is 0 Å². The number of nitrogens with two attached hydrogens (primary N) is 1. The van der Waals surface area contributed by atoms with Crippen molar-refractivity contribution in [3.05, 3.63) is 45.6 Å². The van der Waals surface area contributed by atoms with Crippen molar-refractivity contribution in [1.29, 1.82) is 0 Å². The van der Waals surface area contributed by atoms with Crippen LogP contribution >= 0.6 is 11.3 Å². The molecule has 19 heavy (non-hydrogen) atoms. The van der Waals surface area contributed by atoms with Crippen molar-refractivity contribution in [1.82, 2.24) is 0 Å². The number of hydrogen-bond acceptors (Lipinski definition) is 4. The van der Waals surface area contributed by atoms with Crippen molar-refractivity contribution in [3.63, 3.8) is 0 Å². The number of rotatable bonds is 2. The SMILES string of the molecule is COc1ccc2c(c1)OC(c1ccc(C)s1)C[C@H]2N. The maximum atomic E-state index is 6.26. The van der Waals surface area contributed by atoms with Crippen LogP contribution in [0.4, 0.5) is 0 Å². The molecule has 0 saturated carbocycles. The van der Waals surface area contributed by atoms with Crippen LogP contribution in [0.1, 0.15) is 33.9 Å². The monoisotopic (exact) mass is 275 g/mol. The number of methoxy groups -OCH3 is 1. The van der Waals surface area contributed by atoms with E-state index in [9.17, 15) is 0 Å². The minimum Gasteiger partial charge on any atom is -0.497 e. The molecule has 0 bridgehead atoms. The lowest BCUT2D eigenvalue weighted by Crippen LogP contribution is -2.23. The molecule has 0 amide bonds. The molecule has 2 aromatic rings. The first-order chi connectivity index (χ1) is 9.17. The number of thiophene rings is 1. The predicted molar refractivity (Wildman–Crippen MR) is 77.0 cm³/mol. The van der Waals surface area contributed by atoms with Gasteiger partial charge in [0.2, 0.25) is 0 Å². The third-order valence-electron chi connectivity index (χ3n) is 3.44. The molecule has 4 heteroatoms. The normalized spacial score (nSPS) is 21.6. The Hall–Kier alpha value is -1.52. The molecule has 3 nitrogen and oxygen atoms in total. The summed E-state index contributed by atoms with van der Waals surface area (Å²) in [4.78, 5) is 2.53. The average molecular weight is 275 g/mol. The van der Waals surface area contributed by atoms with E-state index in [-0.39, 0.29) is 12.1 Å². The molecule has 0 radical (unpaired) electrons. The summed E-state index contributed by atoms with van der Waals surface area (Å²) in [6.45, 7) is 2.11. The van der Waals surface area contributed by atoms with Gasteiger partial charge in [0, 0.05) is 33.8 Å². The first kappa shape index (κ1) is 12.5. The highest BCUT2D eigenvalue weighted by Gasteiger charge is 2.28. The molecule has 0 saturated heterocycles. The van der Waals surface area contributed by atoms with E-state index in [0.29, 0.717) is 0 Å². The summed E-state index contributed by atoms with van der Waals surface area (Å²) in [5.74, 6) is 1.64. The van der Waals surface area contributed by atoms with Gasteiger partial charge in [-0.25, -0.2) is 0 Å². The number of ether oxygens (including phenoxy) is 2. The summed E-state index contributed by atoms with van der Waals surface area (Å²) in [5.41, 5.74) is 7.32. The molecular weight excluding hydrogens is 258 g/mol. The van der Waals surface area contributed by atoms with Crippen LogP contribution in [0.5, 0.6) is 11.5 Å². The molecule has 3 rings (SSSR count).